The molecule has 0 spiro atoms. The Morgan fingerprint density at radius 2 is 2.00 bits per heavy atom. The van der Waals surface area contributed by atoms with Crippen LogP contribution in [0.5, 0.6) is 0 Å². The lowest BCUT2D eigenvalue weighted by Crippen LogP contribution is -2.48. The van der Waals surface area contributed by atoms with E-state index in [1.54, 1.807) is 0 Å². The number of rotatable bonds is 3. The van der Waals surface area contributed by atoms with Crippen LogP contribution in [-0.2, 0) is 4.74 Å². The molecule has 98 valence electrons. The first-order chi connectivity index (χ1) is 6.86. The number of nitrogens with one attached hydrogen (secondary N) is 1. The Morgan fingerprint density at radius 1 is 1.31 bits per heavy atom. The number of hydrogen-bond acceptors (Lipinski definition) is 4. The molecule has 2 fully saturated rings. The standard InChI is InChI=1S/C10H20N2O2.2ClH/c13-9(10-2-1-7-14-10)8-12-5-3-11-4-6-12;;/h9-11,13H,1-8H2;2*1H. The summed E-state index contributed by atoms with van der Waals surface area (Å²) in [7, 11) is 0. The molecule has 0 amide bonds. The Labute approximate surface area is 110 Å². The monoisotopic (exact) mass is 272 g/mol. The zero-order chi connectivity index (χ0) is 9.80. The van der Waals surface area contributed by atoms with E-state index in [-0.39, 0.29) is 37.0 Å². The van der Waals surface area contributed by atoms with E-state index in [1.165, 1.54) is 0 Å². The molecule has 2 unspecified atom stereocenters. The Hall–Kier alpha value is 0.420. The van der Waals surface area contributed by atoms with Crippen LogP contribution in [0.25, 0.3) is 0 Å². The molecule has 0 aliphatic carbocycles. The number of nitrogens with zero attached hydrogens (tertiary/aromatic N) is 1. The molecule has 16 heavy (non-hydrogen) atoms. The van der Waals surface area contributed by atoms with E-state index >= 15 is 0 Å². The SMILES string of the molecule is Cl.Cl.OC(CN1CCNCC1)C1CCCO1. The highest BCUT2D eigenvalue weighted by Gasteiger charge is 2.26. The average Bonchev–Trinajstić information content (AvgIpc) is 2.72. The molecular weight excluding hydrogens is 251 g/mol. The highest BCUT2D eigenvalue weighted by Crippen LogP contribution is 2.16. The highest BCUT2D eigenvalue weighted by atomic mass is 35.5. The van der Waals surface area contributed by atoms with Gasteiger partial charge in [0.15, 0.2) is 0 Å². The summed E-state index contributed by atoms with van der Waals surface area (Å²) in [5.74, 6) is 0. The highest BCUT2D eigenvalue weighted by molar-refractivity contribution is 5.85. The van der Waals surface area contributed by atoms with Gasteiger partial charge in [0.2, 0.25) is 0 Å². The van der Waals surface area contributed by atoms with Gasteiger partial charge in [0.25, 0.3) is 0 Å². The topological polar surface area (TPSA) is 44.7 Å². The molecule has 0 aromatic carbocycles. The van der Waals surface area contributed by atoms with Gasteiger partial charge in [0, 0.05) is 39.3 Å². The van der Waals surface area contributed by atoms with E-state index in [1.807, 2.05) is 0 Å². The third-order valence-electron chi connectivity index (χ3n) is 3.05. The van der Waals surface area contributed by atoms with Gasteiger partial charge in [0.1, 0.15) is 0 Å². The fourth-order valence-corrected chi connectivity index (χ4v) is 2.18. The van der Waals surface area contributed by atoms with E-state index in [9.17, 15) is 5.11 Å². The third kappa shape index (κ3) is 4.73. The molecule has 2 heterocycles. The molecule has 2 rings (SSSR count). The van der Waals surface area contributed by atoms with Gasteiger partial charge in [-0.1, -0.05) is 0 Å². The van der Waals surface area contributed by atoms with Crippen LogP contribution in [0.15, 0.2) is 0 Å². The van der Waals surface area contributed by atoms with Gasteiger partial charge in [-0.05, 0) is 12.8 Å². The Balaban J connectivity index is 0.00000112. The van der Waals surface area contributed by atoms with E-state index in [4.69, 9.17) is 4.74 Å². The molecule has 0 saturated carbocycles. The molecule has 2 saturated heterocycles. The smallest absolute Gasteiger partial charge is 0.0928 e. The van der Waals surface area contributed by atoms with Crippen LogP contribution in [0.1, 0.15) is 12.8 Å². The van der Waals surface area contributed by atoms with Crippen LogP contribution in [0.4, 0.5) is 0 Å². The molecule has 2 aliphatic heterocycles. The largest absolute Gasteiger partial charge is 0.389 e. The van der Waals surface area contributed by atoms with Gasteiger partial charge in [-0.3, -0.25) is 4.90 Å². The predicted molar refractivity (Wildman–Crippen MR) is 68.8 cm³/mol. The minimum atomic E-state index is -0.296. The van der Waals surface area contributed by atoms with Crippen LogP contribution >= 0.6 is 24.8 Å². The zero-order valence-corrected chi connectivity index (χ0v) is 11.1. The predicted octanol–water partition coefficient (Wildman–Crippen LogP) is 0.275. The van der Waals surface area contributed by atoms with Gasteiger partial charge in [0.05, 0.1) is 12.2 Å². The van der Waals surface area contributed by atoms with Gasteiger partial charge in [-0.15, -0.1) is 24.8 Å². The van der Waals surface area contributed by atoms with Crippen molar-refractivity contribution < 1.29 is 9.84 Å². The number of β-amino-alcohol motifs (C(OH)–C–C–N with tert-alkyl or cyclic N) is 1. The normalized spacial score (nSPS) is 27.9. The molecule has 2 N–H and O–H groups in total. The van der Waals surface area contributed by atoms with Crippen LogP contribution in [-0.4, -0.2) is 61.5 Å². The van der Waals surface area contributed by atoms with Gasteiger partial charge < -0.3 is 15.2 Å². The molecule has 2 aliphatic rings. The van der Waals surface area contributed by atoms with Gasteiger partial charge in [-0.25, -0.2) is 0 Å². The summed E-state index contributed by atoms with van der Waals surface area (Å²) in [6.07, 6.45) is 1.91. The van der Waals surface area contributed by atoms with E-state index in [2.05, 4.69) is 10.2 Å². The van der Waals surface area contributed by atoms with E-state index in [0.29, 0.717) is 0 Å². The lowest BCUT2D eigenvalue weighted by molar-refractivity contribution is -0.0197. The van der Waals surface area contributed by atoms with Gasteiger partial charge >= 0.3 is 0 Å². The van der Waals surface area contributed by atoms with Crippen LogP contribution in [0, 0.1) is 0 Å². The summed E-state index contributed by atoms with van der Waals surface area (Å²) in [5, 5.41) is 13.2. The number of aliphatic hydroxyl groups is 1. The summed E-state index contributed by atoms with van der Waals surface area (Å²) in [6, 6.07) is 0. The van der Waals surface area contributed by atoms with Crippen LogP contribution in [0.3, 0.4) is 0 Å². The molecule has 6 heteroatoms. The molecule has 0 bridgehead atoms. The first-order valence-electron chi connectivity index (χ1n) is 5.59. The molecule has 0 aromatic rings. The molecule has 0 aromatic heterocycles. The minimum absolute atomic E-state index is 0. The number of ether oxygens (including phenoxy) is 1. The minimum Gasteiger partial charge on any atom is -0.389 e. The Bertz CT molecular complexity index is 174. The fourth-order valence-electron chi connectivity index (χ4n) is 2.18. The van der Waals surface area contributed by atoms with Crippen molar-refractivity contribution in [2.75, 3.05) is 39.3 Å². The van der Waals surface area contributed by atoms with Crippen molar-refractivity contribution >= 4 is 24.8 Å². The quantitative estimate of drug-likeness (QED) is 0.775. The lowest BCUT2D eigenvalue weighted by atomic mass is 10.1. The molecule has 2 atom stereocenters. The Morgan fingerprint density at radius 3 is 2.56 bits per heavy atom. The summed E-state index contributed by atoms with van der Waals surface area (Å²) in [4.78, 5) is 2.31. The van der Waals surface area contributed by atoms with Crippen molar-refractivity contribution in [1.29, 1.82) is 0 Å². The summed E-state index contributed by atoms with van der Waals surface area (Å²) >= 11 is 0. The van der Waals surface area contributed by atoms with E-state index in [0.717, 1.165) is 52.2 Å². The second kappa shape index (κ2) is 8.50. The maximum Gasteiger partial charge on any atom is 0.0928 e. The number of halogens is 2. The summed E-state index contributed by atoms with van der Waals surface area (Å²) in [6.45, 7) is 5.76. The molecule has 4 nitrogen and oxygen atoms in total. The van der Waals surface area contributed by atoms with Crippen molar-refractivity contribution in [3.05, 3.63) is 0 Å². The first kappa shape index (κ1) is 16.4. The molecule has 0 radical (unpaired) electrons. The Kier molecular flexibility index (Phi) is 8.73. The number of piperazine rings is 1. The number of hydrogen-bond donors (Lipinski definition) is 2. The lowest BCUT2D eigenvalue weighted by Gasteiger charge is -2.30. The van der Waals surface area contributed by atoms with Crippen molar-refractivity contribution in [2.45, 2.75) is 25.0 Å². The maximum absolute atomic E-state index is 9.91. The van der Waals surface area contributed by atoms with Crippen molar-refractivity contribution in [3.8, 4) is 0 Å². The summed E-state index contributed by atoms with van der Waals surface area (Å²) < 4.78 is 5.46. The molecular formula is C10H22Cl2N2O2. The third-order valence-corrected chi connectivity index (χ3v) is 3.05. The first-order valence-corrected chi connectivity index (χ1v) is 5.59. The fraction of sp³-hybridized carbons (Fsp3) is 1.00. The van der Waals surface area contributed by atoms with Crippen molar-refractivity contribution in [3.63, 3.8) is 0 Å². The summed E-state index contributed by atoms with van der Waals surface area (Å²) in [5.41, 5.74) is 0. The van der Waals surface area contributed by atoms with Gasteiger partial charge in [-0.2, -0.15) is 0 Å². The van der Waals surface area contributed by atoms with Crippen molar-refractivity contribution in [1.82, 2.24) is 10.2 Å². The second-order valence-corrected chi connectivity index (χ2v) is 4.17. The maximum atomic E-state index is 9.91. The zero-order valence-electron chi connectivity index (χ0n) is 9.43. The van der Waals surface area contributed by atoms with E-state index < -0.39 is 0 Å². The second-order valence-electron chi connectivity index (χ2n) is 4.17. The van der Waals surface area contributed by atoms with Crippen molar-refractivity contribution in [2.24, 2.45) is 0 Å². The van der Waals surface area contributed by atoms with Crippen LogP contribution < -0.4 is 5.32 Å². The number of aliphatic hydroxyl groups excluding tert-OH is 1. The average molecular weight is 273 g/mol. The van der Waals surface area contributed by atoms with Crippen LogP contribution in [0.2, 0.25) is 0 Å².